The molecule has 1 aromatic carbocycles. The van der Waals surface area contributed by atoms with Crippen molar-refractivity contribution < 1.29 is 0 Å². The summed E-state index contributed by atoms with van der Waals surface area (Å²) in [6, 6.07) is 8.31. The quantitative estimate of drug-likeness (QED) is 0.894. The van der Waals surface area contributed by atoms with Gasteiger partial charge in [0, 0.05) is 16.6 Å². The third-order valence-corrected chi connectivity index (χ3v) is 4.41. The fraction of sp³-hybridized carbons (Fsp3) is 0.308. The highest BCUT2D eigenvalue weighted by atomic mass is 79.9. The maximum Gasteiger partial charge on any atom is 0.142 e. The first-order valence-corrected chi connectivity index (χ1v) is 7.54. The predicted octanol–water partition coefficient (Wildman–Crippen LogP) is 3.98. The summed E-state index contributed by atoms with van der Waals surface area (Å²) in [6.07, 6.45) is 2.49. The summed E-state index contributed by atoms with van der Waals surface area (Å²) >= 11 is 4.95. The molecule has 5 heteroatoms. The lowest BCUT2D eigenvalue weighted by Gasteiger charge is -2.06. The zero-order valence-electron chi connectivity index (χ0n) is 9.82. The van der Waals surface area contributed by atoms with E-state index in [1.807, 2.05) is 12.1 Å². The molecule has 2 aromatic rings. The van der Waals surface area contributed by atoms with Crippen LogP contribution in [-0.2, 0) is 6.54 Å². The molecule has 3 N–H and O–H groups in total. The van der Waals surface area contributed by atoms with E-state index in [1.165, 1.54) is 35.5 Å². The van der Waals surface area contributed by atoms with Gasteiger partial charge in [-0.25, -0.2) is 0 Å². The van der Waals surface area contributed by atoms with Gasteiger partial charge in [0.2, 0.25) is 0 Å². The third-order valence-electron chi connectivity index (χ3n) is 3.08. The van der Waals surface area contributed by atoms with Gasteiger partial charge in [-0.1, -0.05) is 28.1 Å². The van der Waals surface area contributed by atoms with E-state index in [4.69, 9.17) is 5.73 Å². The van der Waals surface area contributed by atoms with Crippen molar-refractivity contribution in [2.24, 2.45) is 0 Å². The van der Waals surface area contributed by atoms with E-state index in [0.717, 1.165) is 16.0 Å². The molecular weight excluding hydrogens is 310 g/mol. The highest BCUT2D eigenvalue weighted by Gasteiger charge is 2.30. The Morgan fingerprint density at radius 3 is 3.00 bits per heavy atom. The first-order chi connectivity index (χ1) is 8.74. The van der Waals surface area contributed by atoms with Gasteiger partial charge in [0.15, 0.2) is 0 Å². The van der Waals surface area contributed by atoms with Crippen LogP contribution in [0, 0.1) is 0 Å². The fourth-order valence-corrected chi connectivity index (χ4v) is 3.27. The van der Waals surface area contributed by atoms with Gasteiger partial charge in [-0.3, -0.25) is 0 Å². The zero-order valence-corrected chi connectivity index (χ0v) is 12.2. The molecule has 18 heavy (non-hydrogen) atoms. The number of halogens is 1. The average molecular weight is 324 g/mol. The first kappa shape index (κ1) is 12.0. The molecule has 1 aromatic heterocycles. The number of nitrogens with two attached hydrogens (primary N) is 1. The van der Waals surface area contributed by atoms with Gasteiger partial charge in [-0.2, -0.15) is 4.37 Å². The Morgan fingerprint density at radius 2 is 2.28 bits per heavy atom. The minimum Gasteiger partial charge on any atom is -0.383 e. The van der Waals surface area contributed by atoms with Crippen molar-refractivity contribution in [1.82, 2.24) is 4.37 Å². The average Bonchev–Trinajstić information content (AvgIpc) is 3.11. The molecule has 94 valence electrons. The van der Waals surface area contributed by atoms with Crippen molar-refractivity contribution in [1.29, 1.82) is 0 Å². The first-order valence-electron chi connectivity index (χ1n) is 5.97. The van der Waals surface area contributed by atoms with Gasteiger partial charge in [0.25, 0.3) is 0 Å². The number of hydrogen-bond donors (Lipinski definition) is 2. The van der Waals surface area contributed by atoms with Crippen LogP contribution in [0.15, 0.2) is 28.7 Å². The molecule has 0 saturated heterocycles. The second kappa shape index (κ2) is 4.90. The van der Waals surface area contributed by atoms with Gasteiger partial charge in [-0.05, 0) is 48.0 Å². The molecule has 0 amide bonds. The molecule has 0 spiro atoms. The molecule has 1 heterocycles. The largest absolute Gasteiger partial charge is 0.383 e. The highest BCUT2D eigenvalue weighted by molar-refractivity contribution is 9.10. The number of rotatable bonds is 4. The number of nitrogens with zero attached hydrogens (tertiary/aromatic N) is 1. The van der Waals surface area contributed by atoms with Crippen LogP contribution in [0.4, 0.5) is 10.8 Å². The van der Waals surface area contributed by atoms with Crippen LogP contribution in [0.2, 0.25) is 0 Å². The molecule has 0 aliphatic heterocycles. The van der Waals surface area contributed by atoms with Crippen LogP contribution in [0.1, 0.15) is 29.9 Å². The smallest absolute Gasteiger partial charge is 0.142 e. The number of hydrogen-bond acceptors (Lipinski definition) is 4. The molecule has 0 radical (unpaired) electrons. The molecule has 0 atom stereocenters. The summed E-state index contributed by atoms with van der Waals surface area (Å²) in [7, 11) is 0. The number of nitrogen functional groups attached to an aromatic ring is 1. The Bertz CT molecular complexity index is 563. The predicted molar refractivity (Wildman–Crippen MR) is 80.0 cm³/mol. The molecule has 1 saturated carbocycles. The maximum atomic E-state index is 5.93. The number of benzene rings is 1. The van der Waals surface area contributed by atoms with Crippen molar-refractivity contribution in [2.75, 3.05) is 11.1 Å². The van der Waals surface area contributed by atoms with E-state index < -0.39 is 0 Å². The molecule has 1 aliphatic carbocycles. The number of aromatic nitrogens is 1. The highest BCUT2D eigenvalue weighted by Crippen LogP contribution is 2.47. The van der Waals surface area contributed by atoms with Gasteiger partial charge >= 0.3 is 0 Å². The van der Waals surface area contributed by atoms with E-state index in [-0.39, 0.29) is 0 Å². The van der Waals surface area contributed by atoms with E-state index in [2.05, 4.69) is 37.8 Å². The van der Waals surface area contributed by atoms with Crippen LogP contribution in [0.25, 0.3) is 0 Å². The summed E-state index contributed by atoms with van der Waals surface area (Å²) in [5.41, 5.74) is 8.41. The van der Waals surface area contributed by atoms with Crippen molar-refractivity contribution in [3.63, 3.8) is 0 Å². The normalized spacial score (nSPS) is 14.7. The van der Waals surface area contributed by atoms with Crippen molar-refractivity contribution in [3.8, 4) is 0 Å². The summed E-state index contributed by atoms with van der Waals surface area (Å²) < 4.78 is 5.36. The van der Waals surface area contributed by atoms with Crippen LogP contribution in [0.3, 0.4) is 0 Å². The molecule has 1 fully saturated rings. The van der Waals surface area contributed by atoms with Gasteiger partial charge in [0.05, 0.1) is 0 Å². The van der Waals surface area contributed by atoms with Crippen molar-refractivity contribution >= 4 is 38.3 Å². The van der Waals surface area contributed by atoms with Crippen LogP contribution in [0.5, 0.6) is 0 Å². The lowest BCUT2D eigenvalue weighted by atomic mass is 10.2. The van der Waals surface area contributed by atoms with Crippen LogP contribution < -0.4 is 11.1 Å². The third kappa shape index (κ3) is 2.52. The monoisotopic (exact) mass is 323 g/mol. The molecule has 0 bridgehead atoms. The zero-order chi connectivity index (χ0) is 12.5. The maximum absolute atomic E-state index is 5.93. The molecular formula is C13H14BrN3S. The number of anilines is 2. The van der Waals surface area contributed by atoms with Gasteiger partial charge in [-0.15, -0.1) is 0 Å². The number of nitrogens with one attached hydrogen (secondary N) is 1. The lowest BCUT2D eigenvalue weighted by molar-refractivity contribution is 1.10. The topological polar surface area (TPSA) is 50.9 Å². The SMILES string of the molecule is Nc1nsc(NCc2cccc(Br)c2)c1C1CC1. The van der Waals surface area contributed by atoms with E-state index >= 15 is 0 Å². The minimum atomic E-state index is 0.633. The van der Waals surface area contributed by atoms with Gasteiger partial charge < -0.3 is 11.1 Å². The summed E-state index contributed by atoms with van der Waals surface area (Å²) in [5, 5.41) is 4.59. The van der Waals surface area contributed by atoms with Crippen molar-refractivity contribution in [3.05, 3.63) is 39.9 Å². The Labute approximate surface area is 119 Å². The molecule has 1 aliphatic rings. The second-order valence-corrected chi connectivity index (χ2v) is 6.26. The fourth-order valence-electron chi connectivity index (χ4n) is 2.03. The molecule has 0 unspecified atom stereocenters. The lowest BCUT2D eigenvalue weighted by Crippen LogP contribution is -2.00. The second-order valence-electron chi connectivity index (χ2n) is 4.57. The Morgan fingerprint density at radius 1 is 1.44 bits per heavy atom. The Kier molecular flexibility index (Phi) is 3.26. The van der Waals surface area contributed by atoms with E-state index in [0.29, 0.717) is 11.7 Å². The van der Waals surface area contributed by atoms with Gasteiger partial charge in [0.1, 0.15) is 10.8 Å². The Hall–Kier alpha value is -1.07. The summed E-state index contributed by atoms with van der Waals surface area (Å²) in [4.78, 5) is 0. The van der Waals surface area contributed by atoms with Crippen molar-refractivity contribution in [2.45, 2.75) is 25.3 Å². The molecule has 3 nitrogen and oxygen atoms in total. The minimum absolute atomic E-state index is 0.633. The van der Waals surface area contributed by atoms with Crippen LogP contribution >= 0.6 is 27.5 Å². The Balaban J connectivity index is 1.73. The summed E-state index contributed by atoms with van der Waals surface area (Å²) in [5.74, 6) is 1.34. The van der Waals surface area contributed by atoms with Crippen LogP contribution in [-0.4, -0.2) is 4.37 Å². The molecule has 3 rings (SSSR count). The summed E-state index contributed by atoms with van der Waals surface area (Å²) in [6.45, 7) is 0.806. The van der Waals surface area contributed by atoms with E-state index in [9.17, 15) is 0 Å². The van der Waals surface area contributed by atoms with E-state index in [1.54, 1.807) is 0 Å². The standard InChI is InChI=1S/C13H14BrN3S/c14-10-3-1-2-8(6-10)7-16-13-11(9-4-5-9)12(15)17-18-13/h1-3,6,9,16H,4-5,7H2,(H2,15,17).